The van der Waals surface area contributed by atoms with Gasteiger partial charge in [-0.3, -0.25) is 25.4 Å². The first-order valence-corrected chi connectivity index (χ1v) is 10.7. The van der Waals surface area contributed by atoms with Crippen LogP contribution in [0.4, 0.5) is 4.39 Å². The van der Waals surface area contributed by atoms with E-state index >= 15 is 0 Å². The van der Waals surface area contributed by atoms with Crippen molar-refractivity contribution in [3.63, 3.8) is 0 Å². The van der Waals surface area contributed by atoms with Gasteiger partial charge in [0.1, 0.15) is 5.82 Å². The summed E-state index contributed by atoms with van der Waals surface area (Å²) in [5.74, 6) is -1.79. The summed E-state index contributed by atoms with van der Waals surface area (Å²) in [5, 5.41) is -0.297. The Kier molecular flexibility index (Phi) is 6.95. The Hall–Kier alpha value is -3.34. The molecule has 11 heteroatoms. The van der Waals surface area contributed by atoms with Crippen molar-refractivity contribution < 1.29 is 22.4 Å². The van der Waals surface area contributed by atoms with Crippen LogP contribution in [0.3, 0.4) is 0 Å². The standard InChI is InChI=1S/C20H16ClFN4O4S/c21-17-10-16(7-8-18(17)22)31(29,30)24-11-13-3-5-14(6-4-13)19(27)25-26-20(28)15-2-1-9-23-12-15/h1-10,12,24H,11H2,(H,25,27)(H,26,28). The molecule has 0 saturated carbocycles. The van der Waals surface area contributed by atoms with Gasteiger partial charge in [-0.1, -0.05) is 23.7 Å². The average Bonchev–Trinajstić information content (AvgIpc) is 2.78. The minimum Gasteiger partial charge on any atom is -0.267 e. The molecule has 0 spiro atoms. The molecule has 1 heterocycles. The van der Waals surface area contributed by atoms with Gasteiger partial charge in [-0.05, 0) is 48.0 Å². The van der Waals surface area contributed by atoms with E-state index in [4.69, 9.17) is 11.6 Å². The van der Waals surface area contributed by atoms with Crippen LogP contribution in [-0.2, 0) is 16.6 Å². The van der Waals surface area contributed by atoms with E-state index in [0.29, 0.717) is 5.56 Å². The van der Waals surface area contributed by atoms with Crippen molar-refractivity contribution in [2.24, 2.45) is 0 Å². The summed E-state index contributed by atoms with van der Waals surface area (Å²) in [6.07, 6.45) is 2.88. The maximum atomic E-state index is 13.2. The lowest BCUT2D eigenvalue weighted by molar-refractivity contribution is 0.0846. The van der Waals surface area contributed by atoms with Crippen LogP contribution in [0.5, 0.6) is 0 Å². The highest BCUT2D eigenvalue weighted by molar-refractivity contribution is 7.89. The predicted octanol–water partition coefficient (Wildman–Crippen LogP) is 2.43. The number of hydrogen-bond acceptors (Lipinski definition) is 5. The molecule has 3 rings (SSSR count). The molecule has 0 aliphatic rings. The molecule has 3 N–H and O–H groups in total. The Bertz CT molecular complexity index is 1210. The van der Waals surface area contributed by atoms with Crippen molar-refractivity contribution in [3.05, 3.63) is 94.5 Å². The molecule has 2 amide bonds. The topological polar surface area (TPSA) is 117 Å². The molecule has 0 aliphatic heterocycles. The normalized spacial score (nSPS) is 11.0. The monoisotopic (exact) mass is 462 g/mol. The van der Waals surface area contributed by atoms with Gasteiger partial charge in [-0.25, -0.2) is 17.5 Å². The quantitative estimate of drug-likeness (QED) is 0.486. The van der Waals surface area contributed by atoms with Crippen LogP contribution in [0.1, 0.15) is 26.3 Å². The van der Waals surface area contributed by atoms with Crippen molar-refractivity contribution in [2.45, 2.75) is 11.4 Å². The predicted molar refractivity (Wildman–Crippen MR) is 111 cm³/mol. The molecule has 160 valence electrons. The van der Waals surface area contributed by atoms with Crippen LogP contribution in [0.2, 0.25) is 5.02 Å². The fourth-order valence-corrected chi connectivity index (χ4v) is 3.72. The highest BCUT2D eigenvalue weighted by atomic mass is 35.5. The number of carbonyl (C=O) groups excluding carboxylic acids is 2. The zero-order valence-corrected chi connectivity index (χ0v) is 17.4. The first-order valence-electron chi connectivity index (χ1n) is 8.80. The Morgan fingerprint density at radius 3 is 2.26 bits per heavy atom. The van der Waals surface area contributed by atoms with Crippen molar-refractivity contribution in [2.75, 3.05) is 0 Å². The number of rotatable bonds is 6. The van der Waals surface area contributed by atoms with Gasteiger partial charge in [-0.2, -0.15) is 0 Å². The van der Waals surface area contributed by atoms with Crippen molar-refractivity contribution in [1.82, 2.24) is 20.6 Å². The summed E-state index contributed by atoms with van der Waals surface area (Å²) in [6.45, 7) is -0.0586. The average molecular weight is 463 g/mol. The van der Waals surface area contributed by atoms with Crippen molar-refractivity contribution >= 4 is 33.4 Å². The van der Waals surface area contributed by atoms with E-state index in [1.54, 1.807) is 24.3 Å². The van der Waals surface area contributed by atoms with Gasteiger partial charge < -0.3 is 0 Å². The van der Waals surface area contributed by atoms with E-state index in [2.05, 4.69) is 20.6 Å². The SMILES string of the molecule is O=C(NNC(=O)c1cccnc1)c1ccc(CNS(=O)(=O)c2ccc(F)c(Cl)c2)cc1. The molecule has 0 aliphatic carbocycles. The second-order valence-corrected chi connectivity index (χ2v) is 8.42. The number of hydrazine groups is 1. The van der Waals surface area contributed by atoms with E-state index in [1.165, 1.54) is 24.5 Å². The van der Waals surface area contributed by atoms with Gasteiger partial charge in [0, 0.05) is 24.5 Å². The number of benzene rings is 2. The second-order valence-electron chi connectivity index (χ2n) is 6.25. The number of nitrogens with zero attached hydrogens (tertiary/aromatic N) is 1. The third-order valence-corrected chi connectivity index (χ3v) is 5.79. The fraction of sp³-hybridized carbons (Fsp3) is 0.0500. The molecule has 0 saturated heterocycles. The van der Waals surface area contributed by atoms with Crippen LogP contribution in [-0.4, -0.2) is 25.2 Å². The number of sulfonamides is 1. The van der Waals surface area contributed by atoms with E-state index in [1.807, 2.05) is 0 Å². The van der Waals surface area contributed by atoms with Gasteiger partial charge in [-0.15, -0.1) is 0 Å². The second kappa shape index (κ2) is 9.65. The number of amides is 2. The van der Waals surface area contributed by atoms with Gasteiger partial charge in [0.15, 0.2) is 0 Å². The van der Waals surface area contributed by atoms with Gasteiger partial charge in [0.2, 0.25) is 10.0 Å². The lowest BCUT2D eigenvalue weighted by atomic mass is 10.1. The van der Waals surface area contributed by atoms with Crippen LogP contribution in [0.25, 0.3) is 0 Å². The summed E-state index contributed by atoms with van der Waals surface area (Å²) >= 11 is 5.63. The lowest BCUT2D eigenvalue weighted by Gasteiger charge is -2.09. The summed E-state index contributed by atoms with van der Waals surface area (Å²) in [4.78, 5) is 27.7. The number of nitrogens with one attached hydrogen (secondary N) is 3. The van der Waals surface area contributed by atoms with Crippen LogP contribution in [0.15, 0.2) is 71.9 Å². The van der Waals surface area contributed by atoms with Crippen LogP contribution < -0.4 is 15.6 Å². The molecule has 1 aromatic heterocycles. The Balaban J connectivity index is 1.56. The van der Waals surface area contributed by atoms with Crippen LogP contribution >= 0.6 is 11.6 Å². The first-order chi connectivity index (χ1) is 14.8. The summed E-state index contributed by atoms with van der Waals surface area (Å²) in [5.41, 5.74) is 5.67. The molecule has 2 aromatic carbocycles. The largest absolute Gasteiger partial charge is 0.271 e. The fourth-order valence-electron chi connectivity index (χ4n) is 2.43. The highest BCUT2D eigenvalue weighted by Crippen LogP contribution is 2.19. The Morgan fingerprint density at radius 2 is 1.65 bits per heavy atom. The zero-order valence-electron chi connectivity index (χ0n) is 15.8. The molecular weight excluding hydrogens is 447 g/mol. The minimum atomic E-state index is -3.90. The number of halogens is 2. The first kappa shape index (κ1) is 22.3. The molecule has 3 aromatic rings. The van der Waals surface area contributed by atoms with E-state index in [-0.39, 0.29) is 27.6 Å². The van der Waals surface area contributed by atoms with Crippen molar-refractivity contribution in [3.8, 4) is 0 Å². The van der Waals surface area contributed by atoms with Crippen molar-refractivity contribution in [1.29, 1.82) is 0 Å². The summed E-state index contributed by atoms with van der Waals surface area (Å²) in [6, 6.07) is 12.3. The number of aromatic nitrogens is 1. The summed E-state index contributed by atoms with van der Waals surface area (Å²) in [7, 11) is -3.90. The van der Waals surface area contributed by atoms with E-state index in [9.17, 15) is 22.4 Å². The molecule has 0 fully saturated rings. The van der Waals surface area contributed by atoms with E-state index in [0.717, 1.165) is 18.2 Å². The molecule has 0 bridgehead atoms. The minimum absolute atomic E-state index is 0.0586. The third kappa shape index (κ3) is 5.85. The molecule has 31 heavy (non-hydrogen) atoms. The molecule has 0 atom stereocenters. The summed E-state index contributed by atoms with van der Waals surface area (Å²) < 4.78 is 40.2. The molecule has 0 unspecified atom stereocenters. The maximum absolute atomic E-state index is 13.2. The zero-order chi connectivity index (χ0) is 22.4. The Morgan fingerprint density at radius 1 is 0.968 bits per heavy atom. The van der Waals surface area contributed by atoms with Gasteiger partial charge in [0.25, 0.3) is 11.8 Å². The third-order valence-electron chi connectivity index (χ3n) is 4.10. The number of hydrogen-bond donors (Lipinski definition) is 3. The highest BCUT2D eigenvalue weighted by Gasteiger charge is 2.16. The van der Waals surface area contributed by atoms with Gasteiger partial charge >= 0.3 is 0 Å². The molecule has 8 nitrogen and oxygen atoms in total. The molecule has 0 radical (unpaired) electrons. The van der Waals surface area contributed by atoms with E-state index < -0.39 is 27.7 Å². The molecular formula is C20H16ClFN4O4S. The number of pyridine rings is 1. The Labute approximate surface area is 182 Å². The lowest BCUT2D eigenvalue weighted by Crippen LogP contribution is -2.41. The number of carbonyl (C=O) groups is 2. The van der Waals surface area contributed by atoms with Crippen LogP contribution in [0, 0.1) is 5.82 Å². The maximum Gasteiger partial charge on any atom is 0.271 e. The smallest absolute Gasteiger partial charge is 0.267 e. The van der Waals surface area contributed by atoms with Gasteiger partial charge in [0.05, 0.1) is 15.5 Å².